The molecule has 0 saturated heterocycles. The first-order valence-corrected chi connectivity index (χ1v) is 11.9. The smallest absolute Gasteiger partial charge is 0.434 e. The minimum Gasteiger partial charge on any atom is -0.442 e. The van der Waals surface area contributed by atoms with Gasteiger partial charge in [-0.05, 0) is 85.4 Å². The summed E-state index contributed by atoms with van der Waals surface area (Å²) in [6.45, 7) is 7.44. The van der Waals surface area contributed by atoms with Crippen molar-refractivity contribution < 1.29 is 19.7 Å². The summed E-state index contributed by atoms with van der Waals surface area (Å²) in [6.07, 6.45) is 7.39. The van der Waals surface area contributed by atoms with Crippen LogP contribution in [0.5, 0.6) is 0 Å². The largest absolute Gasteiger partial charge is 0.442 e. The number of carbonyl (C=O) groups excluding carboxylic acids is 1. The van der Waals surface area contributed by atoms with E-state index in [-0.39, 0.29) is 29.0 Å². The third kappa shape index (κ3) is 2.72. The van der Waals surface area contributed by atoms with Gasteiger partial charge in [0, 0.05) is 5.92 Å². The van der Waals surface area contributed by atoms with Crippen molar-refractivity contribution in [1.82, 2.24) is 0 Å². The van der Waals surface area contributed by atoms with Crippen LogP contribution in [0, 0.1) is 46.3 Å². The predicted molar refractivity (Wildman–Crippen MR) is 111 cm³/mol. The molecule has 5 rings (SSSR count). The monoisotopic (exact) mass is 403 g/mol. The van der Waals surface area contributed by atoms with Crippen LogP contribution in [0.3, 0.4) is 0 Å². The molecule has 0 bridgehead atoms. The van der Waals surface area contributed by atoms with Crippen LogP contribution in [0.1, 0.15) is 72.1 Å². The maximum absolute atomic E-state index is 11.7. The number of ether oxygens (including phenoxy) is 1. The van der Waals surface area contributed by atoms with E-state index in [1.807, 2.05) is 0 Å². The molecule has 0 aromatic carbocycles. The molecule has 4 fully saturated rings. The number of cyclic esters (lactones) is 1. The highest BCUT2D eigenvalue weighted by molar-refractivity contribution is 6.00. The maximum Gasteiger partial charge on any atom is 0.434 e. The molecule has 2 N–H and O–H groups in total. The minimum absolute atomic E-state index is 0.102. The van der Waals surface area contributed by atoms with E-state index in [9.17, 15) is 15.0 Å². The molecule has 5 aliphatic rings. The van der Waals surface area contributed by atoms with Crippen LogP contribution in [-0.4, -0.2) is 40.8 Å². The van der Waals surface area contributed by atoms with E-state index in [0.29, 0.717) is 36.2 Å². The van der Waals surface area contributed by atoms with Crippen molar-refractivity contribution in [2.24, 2.45) is 51.3 Å². The summed E-state index contributed by atoms with van der Waals surface area (Å²) in [6, 6.07) is 0. The van der Waals surface area contributed by atoms with Crippen LogP contribution in [0.2, 0.25) is 0 Å². The quantitative estimate of drug-likeness (QED) is 0.724. The Morgan fingerprint density at radius 2 is 1.76 bits per heavy atom. The molecular weight excluding hydrogens is 366 g/mol. The summed E-state index contributed by atoms with van der Waals surface area (Å²) in [5, 5.41) is 22.1. The lowest BCUT2D eigenvalue weighted by molar-refractivity contribution is -0.200. The molecule has 29 heavy (non-hydrogen) atoms. The van der Waals surface area contributed by atoms with Gasteiger partial charge in [0.05, 0.1) is 17.9 Å². The summed E-state index contributed by atoms with van der Waals surface area (Å²) in [5.41, 5.74) is 1.28. The molecule has 5 nitrogen and oxygen atoms in total. The van der Waals surface area contributed by atoms with Crippen molar-refractivity contribution in [3.8, 4) is 0 Å². The number of hydrogen-bond donors (Lipinski definition) is 2. The summed E-state index contributed by atoms with van der Waals surface area (Å²) in [7, 11) is 0. The fourth-order valence-corrected chi connectivity index (χ4v) is 9.00. The van der Waals surface area contributed by atoms with E-state index in [0.717, 1.165) is 57.1 Å². The van der Waals surface area contributed by atoms with Gasteiger partial charge in [0.25, 0.3) is 0 Å². The topological polar surface area (TPSA) is 79.1 Å². The number of amides is 1. The Morgan fingerprint density at radius 3 is 2.45 bits per heavy atom. The number of carbonyl (C=O) groups is 1. The van der Waals surface area contributed by atoms with Crippen molar-refractivity contribution in [3.05, 3.63) is 0 Å². The highest BCUT2D eigenvalue weighted by Gasteiger charge is 2.65. The zero-order valence-electron chi connectivity index (χ0n) is 18.1. The Balaban J connectivity index is 1.50. The molecule has 3 unspecified atom stereocenters. The highest BCUT2D eigenvalue weighted by atomic mass is 16.6. The standard InChI is InChI=1S/C24H37NO4/c1-4-14-18-11-13(26)7-9-24(18,3)17-8-10-23(2)15(19-12-29-22(28)25-19)5-6-16(23)20(17)21(14)27/h13-18,20-21,26-27H,4-12H2,1-3H3/t13-,14-,15-,16?,17?,18+,20?,21-,23-,24-/m1/s1. The van der Waals surface area contributed by atoms with Crippen LogP contribution < -0.4 is 0 Å². The van der Waals surface area contributed by atoms with E-state index in [2.05, 4.69) is 25.8 Å². The number of fused-ring (bicyclic) bond motifs is 5. The zero-order valence-corrected chi connectivity index (χ0v) is 18.1. The molecule has 162 valence electrons. The SMILES string of the molecule is CC[C@H]1[C@@H](O)C2C3CC[C@H](C4=NC(=O)OC4)[C@@]3(C)CCC2[C@@]2(C)CC[C@@H](O)C[C@@H]12. The van der Waals surface area contributed by atoms with Gasteiger partial charge < -0.3 is 14.9 Å². The van der Waals surface area contributed by atoms with Crippen LogP contribution >= 0.6 is 0 Å². The van der Waals surface area contributed by atoms with Crippen LogP contribution in [0.25, 0.3) is 0 Å². The summed E-state index contributed by atoms with van der Waals surface area (Å²) in [5.74, 6) is 2.38. The lowest BCUT2D eigenvalue weighted by Crippen LogP contribution is -2.62. The van der Waals surface area contributed by atoms with Crippen molar-refractivity contribution >= 4 is 11.8 Å². The van der Waals surface area contributed by atoms with Gasteiger partial charge in [-0.1, -0.05) is 27.2 Å². The third-order valence-electron chi connectivity index (χ3n) is 10.4. The fourth-order valence-electron chi connectivity index (χ4n) is 9.00. The van der Waals surface area contributed by atoms with Crippen molar-refractivity contribution in [1.29, 1.82) is 0 Å². The second kappa shape index (κ2) is 6.78. The Labute approximate surface area is 174 Å². The molecule has 0 spiro atoms. The Kier molecular flexibility index (Phi) is 4.67. The van der Waals surface area contributed by atoms with Gasteiger partial charge in [-0.3, -0.25) is 0 Å². The number of aliphatic hydroxyl groups excluding tert-OH is 2. The molecule has 1 heterocycles. The third-order valence-corrected chi connectivity index (χ3v) is 10.4. The Hall–Kier alpha value is -0.940. The molecule has 0 radical (unpaired) electrons. The van der Waals surface area contributed by atoms with Crippen molar-refractivity contribution in [2.45, 2.75) is 84.3 Å². The second-order valence-electron chi connectivity index (χ2n) is 11.2. The summed E-state index contributed by atoms with van der Waals surface area (Å²) >= 11 is 0. The fraction of sp³-hybridized carbons (Fsp3) is 0.917. The van der Waals surface area contributed by atoms with Crippen LogP contribution in [-0.2, 0) is 4.74 Å². The van der Waals surface area contributed by atoms with Gasteiger partial charge in [-0.25, -0.2) is 4.79 Å². The van der Waals surface area contributed by atoms with E-state index < -0.39 is 6.09 Å². The zero-order chi connectivity index (χ0) is 20.6. The Bertz CT molecular complexity index is 722. The molecule has 0 aromatic heterocycles. The molecule has 10 atom stereocenters. The van der Waals surface area contributed by atoms with Gasteiger partial charge in [0.1, 0.15) is 6.61 Å². The number of aliphatic imine (C=N–C) groups is 1. The summed E-state index contributed by atoms with van der Waals surface area (Å²) < 4.78 is 5.15. The Morgan fingerprint density at radius 1 is 1.03 bits per heavy atom. The van der Waals surface area contributed by atoms with E-state index in [1.54, 1.807) is 0 Å². The van der Waals surface area contributed by atoms with Crippen molar-refractivity contribution in [2.75, 3.05) is 6.61 Å². The van der Waals surface area contributed by atoms with E-state index in [1.165, 1.54) is 0 Å². The first-order valence-electron chi connectivity index (χ1n) is 11.9. The van der Waals surface area contributed by atoms with Gasteiger partial charge in [0.15, 0.2) is 0 Å². The van der Waals surface area contributed by atoms with E-state index in [4.69, 9.17) is 4.74 Å². The van der Waals surface area contributed by atoms with Crippen molar-refractivity contribution in [3.63, 3.8) is 0 Å². The average Bonchev–Trinajstić information content (AvgIpc) is 3.26. The molecule has 5 heteroatoms. The number of nitrogens with zero attached hydrogens (tertiary/aromatic N) is 1. The highest BCUT2D eigenvalue weighted by Crippen LogP contribution is 2.68. The number of hydrogen-bond acceptors (Lipinski definition) is 4. The first-order chi connectivity index (χ1) is 13.8. The van der Waals surface area contributed by atoms with Gasteiger partial charge >= 0.3 is 6.09 Å². The lowest BCUT2D eigenvalue weighted by Gasteiger charge is -2.64. The average molecular weight is 404 g/mol. The minimum atomic E-state index is -0.430. The summed E-state index contributed by atoms with van der Waals surface area (Å²) in [4.78, 5) is 15.8. The first kappa shape index (κ1) is 20.0. The lowest BCUT2D eigenvalue weighted by atomic mass is 9.41. The number of rotatable bonds is 2. The van der Waals surface area contributed by atoms with Crippen LogP contribution in [0.4, 0.5) is 4.79 Å². The maximum atomic E-state index is 11.7. The second-order valence-corrected chi connectivity index (χ2v) is 11.2. The van der Waals surface area contributed by atoms with Gasteiger partial charge in [-0.15, -0.1) is 0 Å². The van der Waals surface area contributed by atoms with Crippen LogP contribution in [0.15, 0.2) is 4.99 Å². The molecule has 4 saturated carbocycles. The predicted octanol–water partition coefficient (Wildman–Crippen LogP) is 4.20. The molecule has 0 aromatic rings. The molecular formula is C24H37NO4. The molecule has 4 aliphatic carbocycles. The molecule has 1 aliphatic heterocycles. The normalized spacial score (nSPS) is 54.2. The van der Waals surface area contributed by atoms with E-state index >= 15 is 0 Å². The van der Waals surface area contributed by atoms with Gasteiger partial charge in [0.2, 0.25) is 0 Å². The molecule has 1 amide bonds. The van der Waals surface area contributed by atoms with Gasteiger partial charge in [-0.2, -0.15) is 4.99 Å². The number of aliphatic hydroxyl groups is 2.